The topological polar surface area (TPSA) is 46.5 Å². The molecule has 2 rings (SSSR count). The third-order valence-corrected chi connectivity index (χ3v) is 3.56. The first-order valence-corrected chi connectivity index (χ1v) is 7.17. The molecule has 0 saturated carbocycles. The number of carboxylic acid groups (broad SMARTS) is 1. The zero-order valence-corrected chi connectivity index (χ0v) is 13.3. The highest BCUT2D eigenvalue weighted by Crippen LogP contribution is 2.37. The summed E-state index contributed by atoms with van der Waals surface area (Å²) in [4.78, 5) is 11.0. The molecule has 0 fully saturated rings. The number of benzene rings is 2. The van der Waals surface area contributed by atoms with Crippen LogP contribution < -0.4 is 4.74 Å². The maximum absolute atomic E-state index is 14.4. The van der Waals surface area contributed by atoms with E-state index in [9.17, 15) is 13.6 Å². The number of carbonyl (C=O) groups is 1. The summed E-state index contributed by atoms with van der Waals surface area (Å²) in [5.74, 6) is -4.13. The lowest BCUT2D eigenvalue weighted by atomic mass is 10.0. The summed E-state index contributed by atoms with van der Waals surface area (Å²) in [6.45, 7) is 2.76. The Bertz CT molecular complexity index is 695. The maximum atomic E-state index is 14.4. The van der Waals surface area contributed by atoms with Crippen molar-refractivity contribution in [2.24, 2.45) is 0 Å². The Hall–Kier alpha value is -2.14. The Balaban J connectivity index is 2.25. The molecule has 0 aromatic heterocycles. The molecule has 3 nitrogen and oxygen atoms in total. The smallest absolute Gasteiger partial charge is 0.347 e. The summed E-state index contributed by atoms with van der Waals surface area (Å²) in [6, 6.07) is 10.4. The molecule has 2 aromatic carbocycles. The number of ether oxygens (including phenoxy) is 1. The summed E-state index contributed by atoms with van der Waals surface area (Å²) < 4.78 is 34.2. The molecule has 0 radical (unpaired) electrons. The lowest BCUT2D eigenvalue weighted by Gasteiger charge is -2.22. The normalized spacial score (nSPS) is 12.0. The second-order valence-corrected chi connectivity index (χ2v) is 5.96. The number of rotatable bonds is 5. The molecule has 0 heterocycles. The van der Waals surface area contributed by atoms with Gasteiger partial charge in [-0.15, -0.1) is 0 Å². The molecule has 0 aliphatic heterocycles. The molecule has 0 amide bonds. The fourth-order valence-electron chi connectivity index (χ4n) is 1.90. The minimum Gasteiger partial charge on any atom is -0.478 e. The molecule has 0 aliphatic rings. The molecule has 23 heavy (non-hydrogen) atoms. The van der Waals surface area contributed by atoms with E-state index in [4.69, 9.17) is 21.4 Å². The number of aliphatic carboxylic acids is 1. The van der Waals surface area contributed by atoms with Gasteiger partial charge in [0.05, 0.1) is 0 Å². The van der Waals surface area contributed by atoms with Crippen LogP contribution in [0.15, 0.2) is 48.5 Å². The summed E-state index contributed by atoms with van der Waals surface area (Å²) in [7, 11) is 0. The van der Waals surface area contributed by atoms with Crippen molar-refractivity contribution < 1.29 is 23.4 Å². The van der Waals surface area contributed by atoms with Crippen LogP contribution in [0.4, 0.5) is 8.78 Å². The Morgan fingerprint density at radius 1 is 1.00 bits per heavy atom. The number of alkyl halides is 2. The van der Waals surface area contributed by atoms with Crippen LogP contribution in [0.5, 0.6) is 5.75 Å². The van der Waals surface area contributed by atoms with E-state index < -0.39 is 17.5 Å². The largest absolute Gasteiger partial charge is 0.478 e. The van der Waals surface area contributed by atoms with Gasteiger partial charge in [-0.3, -0.25) is 0 Å². The molecular weight excluding hydrogens is 326 g/mol. The molecular formula is C17H15ClF2O3. The fourth-order valence-corrected chi connectivity index (χ4v) is 2.02. The van der Waals surface area contributed by atoms with Crippen LogP contribution in [0.1, 0.15) is 25.0 Å². The van der Waals surface area contributed by atoms with E-state index in [-0.39, 0.29) is 16.9 Å². The van der Waals surface area contributed by atoms with Crippen molar-refractivity contribution in [1.82, 2.24) is 0 Å². The van der Waals surface area contributed by atoms with Crippen LogP contribution in [0.3, 0.4) is 0 Å². The fraction of sp³-hybridized carbons (Fsp3) is 0.235. The van der Waals surface area contributed by atoms with E-state index in [1.807, 2.05) is 0 Å². The third kappa shape index (κ3) is 3.79. The average Bonchev–Trinajstić information content (AvgIpc) is 2.47. The van der Waals surface area contributed by atoms with Crippen molar-refractivity contribution in [3.8, 4) is 5.75 Å². The van der Waals surface area contributed by atoms with Crippen molar-refractivity contribution in [2.75, 3.05) is 0 Å². The highest BCUT2D eigenvalue weighted by Gasteiger charge is 2.34. The van der Waals surface area contributed by atoms with Crippen LogP contribution in [0.2, 0.25) is 5.02 Å². The zero-order valence-electron chi connectivity index (χ0n) is 12.5. The number of carboxylic acids is 1. The molecule has 2 aromatic rings. The van der Waals surface area contributed by atoms with E-state index in [1.165, 1.54) is 62.4 Å². The maximum Gasteiger partial charge on any atom is 0.347 e. The molecule has 122 valence electrons. The molecule has 1 N–H and O–H groups in total. The van der Waals surface area contributed by atoms with Crippen LogP contribution in [0.25, 0.3) is 0 Å². The monoisotopic (exact) mass is 340 g/mol. The van der Waals surface area contributed by atoms with E-state index >= 15 is 0 Å². The summed E-state index contributed by atoms with van der Waals surface area (Å²) in [5, 5.41) is 9.38. The zero-order chi connectivity index (χ0) is 17.3. The van der Waals surface area contributed by atoms with Gasteiger partial charge in [-0.05, 0) is 50.2 Å². The van der Waals surface area contributed by atoms with Gasteiger partial charge in [0.15, 0.2) is 5.60 Å². The Kier molecular flexibility index (Phi) is 4.61. The standard InChI is InChI=1S/C17H15ClF2O3/c1-16(2,15(21)22)23-14-9-5-12(6-10-14)17(19,20)11-3-7-13(18)8-4-11/h3-10H,1-2H3,(H,21,22). The second kappa shape index (κ2) is 6.16. The first-order chi connectivity index (χ1) is 10.6. The summed E-state index contributed by atoms with van der Waals surface area (Å²) in [6.07, 6.45) is 0. The Morgan fingerprint density at radius 3 is 1.87 bits per heavy atom. The van der Waals surface area contributed by atoms with Crippen molar-refractivity contribution in [3.63, 3.8) is 0 Å². The van der Waals surface area contributed by atoms with Crippen LogP contribution in [0, 0.1) is 0 Å². The van der Waals surface area contributed by atoms with Crippen molar-refractivity contribution in [3.05, 3.63) is 64.7 Å². The number of halogens is 3. The van der Waals surface area contributed by atoms with E-state index in [2.05, 4.69) is 0 Å². The van der Waals surface area contributed by atoms with Gasteiger partial charge in [0.2, 0.25) is 0 Å². The Labute approximate surface area is 137 Å². The third-order valence-electron chi connectivity index (χ3n) is 3.31. The lowest BCUT2D eigenvalue weighted by Crippen LogP contribution is -2.37. The predicted molar refractivity (Wildman–Crippen MR) is 83.2 cm³/mol. The molecule has 0 bridgehead atoms. The van der Waals surface area contributed by atoms with E-state index in [1.54, 1.807) is 0 Å². The van der Waals surface area contributed by atoms with E-state index in [0.29, 0.717) is 5.02 Å². The Morgan fingerprint density at radius 2 is 1.43 bits per heavy atom. The van der Waals surface area contributed by atoms with Gasteiger partial charge in [0.25, 0.3) is 5.92 Å². The van der Waals surface area contributed by atoms with Crippen molar-refractivity contribution in [1.29, 1.82) is 0 Å². The lowest BCUT2D eigenvalue weighted by molar-refractivity contribution is -0.152. The highest BCUT2D eigenvalue weighted by atomic mass is 35.5. The minimum absolute atomic E-state index is 0.179. The molecule has 0 aliphatic carbocycles. The molecule has 6 heteroatoms. The van der Waals surface area contributed by atoms with Crippen molar-refractivity contribution >= 4 is 17.6 Å². The predicted octanol–water partition coefficient (Wildman–Crippen LogP) is 4.72. The average molecular weight is 341 g/mol. The first kappa shape index (κ1) is 17.2. The van der Waals surface area contributed by atoms with Gasteiger partial charge < -0.3 is 9.84 Å². The second-order valence-electron chi connectivity index (χ2n) is 5.52. The van der Waals surface area contributed by atoms with Crippen LogP contribution in [-0.4, -0.2) is 16.7 Å². The van der Waals surface area contributed by atoms with Gasteiger partial charge >= 0.3 is 5.97 Å². The highest BCUT2D eigenvalue weighted by molar-refractivity contribution is 6.30. The van der Waals surface area contributed by atoms with Crippen molar-refractivity contribution in [2.45, 2.75) is 25.4 Å². The first-order valence-electron chi connectivity index (χ1n) is 6.80. The summed E-state index contributed by atoms with van der Waals surface area (Å²) >= 11 is 5.71. The minimum atomic E-state index is -3.19. The molecule has 0 saturated heterocycles. The van der Waals surface area contributed by atoms with Gasteiger partial charge in [-0.2, -0.15) is 8.78 Å². The quantitative estimate of drug-likeness (QED) is 0.856. The van der Waals surface area contributed by atoms with Crippen LogP contribution in [-0.2, 0) is 10.7 Å². The number of hydrogen-bond donors (Lipinski definition) is 1. The van der Waals surface area contributed by atoms with Gasteiger partial charge in [-0.1, -0.05) is 23.7 Å². The number of hydrogen-bond acceptors (Lipinski definition) is 2. The molecule has 0 atom stereocenters. The SMILES string of the molecule is CC(C)(Oc1ccc(C(F)(F)c2ccc(Cl)cc2)cc1)C(=O)O. The van der Waals surface area contributed by atoms with Crippen LogP contribution >= 0.6 is 11.6 Å². The van der Waals surface area contributed by atoms with Gasteiger partial charge in [-0.25, -0.2) is 4.79 Å². The molecule has 0 spiro atoms. The van der Waals surface area contributed by atoms with Gasteiger partial charge in [0, 0.05) is 16.1 Å². The molecule has 0 unspecified atom stereocenters. The summed E-state index contributed by atoms with van der Waals surface area (Å²) in [5.41, 5.74) is -1.85. The van der Waals surface area contributed by atoms with Gasteiger partial charge in [0.1, 0.15) is 5.75 Å². The van der Waals surface area contributed by atoms with E-state index in [0.717, 1.165) is 0 Å².